The van der Waals surface area contributed by atoms with E-state index in [1.807, 2.05) is 24.3 Å². The standard InChI is InChI=1S/C28H40N4O4/c1-2-13-30-15-17-31(18-16-30)22-10-8-21(9-11-22)27(34)29-25(20-6-4-3-5-7-20)28(35)32-14-12-24-26(32)23(33)19-36-24/h8-11,20,24-26H,2-7,12-19H2,1H3,(H,29,34)/t24-,25+,26-/m1/s1. The van der Waals surface area contributed by atoms with E-state index in [1.54, 1.807) is 4.90 Å². The number of fused-ring (bicyclic) bond motifs is 1. The Labute approximate surface area is 214 Å². The minimum Gasteiger partial charge on any atom is -0.369 e. The van der Waals surface area contributed by atoms with Crippen LogP contribution in [-0.4, -0.2) is 91.5 Å². The molecule has 2 amide bonds. The normalized spacial score (nSPS) is 26.2. The van der Waals surface area contributed by atoms with Gasteiger partial charge < -0.3 is 19.9 Å². The van der Waals surface area contributed by atoms with Gasteiger partial charge in [-0.25, -0.2) is 0 Å². The molecule has 1 N–H and O–H groups in total. The van der Waals surface area contributed by atoms with Gasteiger partial charge in [-0.05, 0) is 62.4 Å². The summed E-state index contributed by atoms with van der Waals surface area (Å²) >= 11 is 0. The first kappa shape index (κ1) is 25.2. The van der Waals surface area contributed by atoms with Crippen LogP contribution in [0.2, 0.25) is 0 Å². The number of anilines is 1. The second kappa shape index (κ2) is 11.3. The molecule has 1 aliphatic carbocycles. The van der Waals surface area contributed by atoms with Gasteiger partial charge in [-0.15, -0.1) is 0 Å². The van der Waals surface area contributed by atoms with Gasteiger partial charge in [-0.3, -0.25) is 19.3 Å². The van der Waals surface area contributed by atoms with Gasteiger partial charge in [0, 0.05) is 44.0 Å². The van der Waals surface area contributed by atoms with Crippen LogP contribution in [-0.2, 0) is 14.3 Å². The van der Waals surface area contributed by atoms with Crippen molar-refractivity contribution in [1.82, 2.24) is 15.1 Å². The minimum atomic E-state index is -0.601. The van der Waals surface area contributed by atoms with Crippen molar-refractivity contribution in [1.29, 1.82) is 0 Å². The third kappa shape index (κ3) is 5.30. The van der Waals surface area contributed by atoms with Gasteiger partial charge in [0.1, 0.15) is 18.7 Å². The van der Waals surface area contributed by atoms with Crippen molar-refractivity contribution in [2.45, 2.75) is 70.1 Å². The number of hydrogen-bond acceptors (Lipinski definition) is 6. The Morgan fingerprint density at radius 1 is 1.00 bits per heavy atom. The molecule has 0 radical (unpaired) electrons. The molecule has 0 bridgehead atoms. The summed E-state index contributed by atoms with van der Waals surface area (Å²) in [6.07, 6.45) is 6.81. The van der Waals surface area contributed by atoms with E-state index in [-0.39, 0.29) is 36.2 Å². The van der Waals surface area contributed by atoms with Crippen LogP contribution in [0.3, 0.4) is 0 Å². The molecule has 0 unspecified atom stereocenters. The number of amides is 2. The first-order valence-corrected chi connectivity index (χ1v) is 13.9. The molecule has 3 atom stereocenters. The fourth-order valence-corrected chi connectivity index (χ4v) is 6.46. The molecule has 1 aromatic carbocycles. The molecule has 3 saturated heterocycles. The number of ether oxygens (including phenoxy) is 1. The quantitative estimate of drug-likeness (QED) is 0.625. The molecule has 8 heteroatoms. The third-order valence-corrected chi connectivity index (χ3v) is 8.48. The van der Waals surface area contributed by atoms with Crippen molar-refractivity contribution >= 4 is 23.3 Å². The largest absolute Gasteiger partial charge is 0.369 e. The summed E-state index contributed by atoms with van der Waals surface area (Å²) in [5, 5.41) is 3.09. The summed E-state index contributed by atoms with van der Waals surface area (Å²) in [5.41, 5.74) is 1.70. The molecular formula is C28H40N4O4. The third-order valence-electron chi connectivity index (χ3n) is 8.48. The number of hydrogen-bond donors (Lipinski definition) is 1. The summed E-state index contributed by atoms with van der Waals surface area (Å²) in [6.45, 7) is 8.06. The van der Waals surface area contributed by atoms with Gasteiger partial charge in [0.15, 0.2) is 5.78 Å². The Balaban J connectivity index is 1.26. The summed E-state index contributed by atoms with van der Waals surface area (Å²) in [5.74, 6) is -0.262. The molecule has 4 fully saturated rings. The number of nitrogens with zero attached hydrogens (tertiary/aromatic N) is 3. The van der Waals surface area contributed by atoms with E-state index in [0.29, 0.717) is 18.5 Å². The second-order valence-corrected chi connectivity index (χ2v) is 10.8. The lowest BCUT2D eigenvalue weighted by Crippen LogP contribution is -2.55. The molecule has 3 aliphatic heterocycles. The van der Waals surface area contributed by atoms with E-state index >= 15 is 0 Å². The van der Waals surface area contributed by atoms with Crippen LogP contribution in [0.15, 0.2) is 24.3 Å². The van der Waals surface area contributed by atoms with Crippen molar-refractivity contribution in [3.8, 4) is 0 Å². The fraction of sp³-hybridized carbons (Fsp3) is 0.679. The highest BCUT2D eigenvalue weighted by molar-refractivity contribution is 5.99. The number of carbonyl (C=O) groups is 3. The maximum Gasteiger partial charge on any atom is 0.251 e. The van der Waals surface area contributed by atoms with Gasteiger partial charge >= 0.3 is 0 Å². The van der Waals surface area contributed by atoms with E-state index in [2.05, 4.69) is 22.0 Å². The number of piperazine rings is 1. The number of benzene rings is 1. The smallest absolute Gasteiger partial charge is 0.251 e. The molecule has 8 nitrogen and oxygen atoms in total. The fourth-order valence-electron chi connectivity index (χ4n) is 6.46. The van der Waals surface area contributed by atoms with Gasteiger partial charge in [0.25, 0.3) is 5.91 Å². The number of Topliss-reactive ketones (excluding diaryl/α,β-unsaturated/α-hetero) is 1. The van der Waals surface area contributed by atoms with Crippen LogP contribution < -0.4 is 10.2 Å². The number of ketones is 1. The van der Waals surface area contributed by atoms with E-state index in [4.69, 9.17) is 4.74 Å². The van der Waals surface area contributed by atoms with Crippen LogP contribution in [0.4, 0.5) is 5.69 Å². The Hall–Kier alpha value is -2.45. The van der Waals surface area contributed by atoms with E-state index in [0.717, 1.165) is 64.1 Å². The van der Waals surface area contributed by atoms with Crippen LogP contribution in [0.25, 0.3) is 0 Å². The monoisotopic (exact) mass is 496 g/mol. The molecule has 5 rings (SSSR count). The van der Waals surface area contributed by atoms with Gasteiger partial charge in [0.05, 0.1) is 6.10 Å². The minimum absolute atomic E-state index is 0.0225. The summed E-state index contributed by atoms with van der Waals surface area (Å²) < 4.78 is 5.59. The highest BCUT2D eigenvalue weighted by Gasteiger charge is 2.49. The number of nitrogens with one attached hydrogen (secondary N) is 1. The van der Waals surface area contributed by atoms with E-state index in [1.165, 1.54) is 12.8 Å². The summed E-state index contributed by atoms with van der Waals surface area (Å²) in [4.78, 5) is 46.0. The SMILES string of the molecule is CCCN1CCN(c2ccc(C(=O)N[C@H](C(=O)N3CC[C@H]4OCC(=O)[C@H]43)C3CCCCC3)cc2)CC1. The molecule has 36 heavy (non-hydrogen) atoms. The predicted molar refractivity (Wildman–Crippen MR) is 138 cm³/mol. The number of carbonyl (C=O) groups excluding carboxylic acids is 3. The molecule has 4 aliphatic rings. The first-order chi connectivity index (χ1) is 17.5. The summed E-state index contributed by atoms with van der Waals surface area (Å²) in [7, 11) is 0. The highest BCUT2D eigenvalue weighted by Crippen LogP contribution is 2.32. The zero-order valence-electron chi connectivity index (χ0n) is 21.5. The van der Waals surface area contributed by atoms with Crippen molar-refractivity contribution in [2.24, 2.45) is 5.92 Å². The highest BCUT2D eigenvalue weighted by atomic mass is 16.5. The Morgan fingerprint density at radius 2 is 1.72 bits per heavy atom. The second-order valence-electron chi connectivity index (χ2n) is 10.8. The average molecular weight is 497 g/mol. The molecule has 1 saturated carbocycles. The van der Waals surface area contributed by atoms with Crippen LogP contribution in [0, 0.1) is 5.92 Å². The molecular weight excluding hydrogens is 456 g/mol. The van der Waals surface area contributed by atoms with Crippen molar-refractivity contribution in [3.63, 3.8) is 0 Å². The zero-order chi connectivity index (χ0) is 25.1. The Kier molecular flexibility index (Phi) is 7.91. The maximum atomic E-state index is 13.7. The lowest BCUT2D eigenvalue weighted by Gasteiger charge is -2.36. The van der Waals surface area contributed by atoms with E-state index in [9.17, 15) is 14.4 Å². The first-order valence-electron chi connectivity index (χ1n) is 13.9. The van der Waals surface area contributed by atoms with Gasteiger partial charge in [-0.1, -0.05) is 26.2 Å². The molecule has 0 aromatic heterocycles. The predicted octanol–water partition coefficient (Wildman–Crippen LogP) is 2.47. The average Bonchev–Trinajstić information content (AvgIpc) is 3.51. The Morgan fingerprint density at radius 3 is 2.42 bits per heavy atom. The van der Waals surface area contributed by atoms with Crippen molar-refractivity contribution in [3.05, 3.63) is 29.8 Å². The van der Waals surface area contributed by atoms with Crippen LogP contribution in [0.1, 0.15) is 62.2 Å². The van der Waals surface area contributed by atoms with Gasteiger partial charge in [0.2, 0.25) is 5.91 Å². The molecule has 0 spiro atoms. The summed E-state index contributed by atoms with van der Waals surface area (Å²) in [6, 6.07) is 6.68. The van der Waals surface area contributed by atoms with E-state index < -0.39 is 12.1 Å². The zero-order valence-corrected chi connectivity index (χ0v) is 21.5. The molecule has 3 heterocycles. The van der Waals surface area contributed by atoms with Gasteiger partial charge in [-0.2, -0.15) is 0 Å². The topological polar surface area (TPSA) is 82.2 Å². The maximum absolute atomic E-state index is 13.7. The molecule has 196 valence electrons. The lowest BCUT2D eigenvalue weighted by atomic mass is 9.83. The Bertz CT molecular complexity index is 937. The number of likely N-dealkylation sites (tertiary alicyclic amines) is 1. The molecule has 1 aromatic rings. The number of rotatable bonds is 7. The van der Waals surface area contributed by atoms with Crippen molar-refractivity contribution < 1.29 is 19.1 Å². The van der Waals surface area contributed by atoms with Crippen LogP contribution >= 0.6 is 0 Å². The van der Waals surface area contributed by atoms with Crippen LogP contribution in [0.5, 0.6) is 0 Å². The lowest BCUT2D eigenvalue weighted by molar-refractivity contribution is -0.139. The van der Waals surface area contributed by atoms with Crippen molar-refractivity contribution in [2.75, 3.05) is 50.8 Å².